The lowest BCUT2D eigenvalue weighted by Gasteiger charge is -2.18. The van der Waals surface area contributed by atoms with E-state index in [1.807, 2.05) is 12.1 Å². The van der Waals surface area contributed by atoms with Gasteiger partial charge in [-0.1, -0.05) is 6.07 Å². The number of hydrogen-bond acceptors (Lipinski definition) is 5. The Balaban J connectivity index is 2.34. The Morgan fingerprint density at radius 2 is 2.14 bits per heavy atom. The highest BCUT2D eigenvalue weighted by Crippen LogP contribution is 2.29. The topological polar surface area (TPSA) is 96.6 Å². The van der Waals surface area contributed by atoms with Crippen molar-refractivity contribution in [3.05, 3.63) is 64.0 Å². The molecule has 0 amide bonds. The molecule has 0 radical (unpaired) electrons. The molecule has 7 nitrogen and oxygen atoms in total. The molecule has 1 N–H and O–H groups in total. The van der Waals surface area contributed by atoms with E-state index in [-0.39, 0.29) is 11.3 Å². The van der Waals surface area contributed by atoms with E-state index in [1.54, 1.807) is 24.2 Å². The number of benzene rings is 1. The molecule has 21 heavy (non-hydrogen) atoms. The van der Waals surface area contributed by atoms with Crippen molar-refractivity contribution < 1.29 is 14.8 Å². The second kappa shape index (κ2) is 6.00. The average molecular weight is 287 g/mol. The van der Waals surface area contributed by atoms with Gasteiger partial charge in [0.1, 0.15) is 5.69 Å². The van der Waals surface area contributed by atoms with Crippen LogP contribution in [0.3, 0.4) is 0 Å². The van der Waals surface area contributed by atoms with Gasteiger partial charge in [0.2, 0.25) is 0 Å². The van der Waals surface area contributed by atoms with Crippen molar-refractivity contribution in [1.29, 1.82) is 0 Å². The first-order valence-electron chi connectivity index (χ1n) is 6.12. The summed E-state index contributed by atoms with van der Waals surface area (Å²) in [6.07, 6.45) is 1.64. The summed E-state index contributed by atoms with van der Waals surface area (Å²) in [5, 5.41) is 20.0. The van der Waals surface area contributed by atoms with Crippen molar-refractivity contribution in [3.8, 4) is 0 Å². The summed E-state index contributed by atoms with van der Waals surface area (Å²) in [6.45, 7) is 0.383. The maximum Gasteiger partial charge on any atom is 0.335 e. The summed E-state index contributed by atoms with van der Waals surface area (Å²) in [5.41, 5.74) is 0.747. The number of nitro benzene ring substituents is 1. The van der Waals surface area contributed by atoms with E-state index in [4.69, 9.17) is 5.11 Å². The molecule has 108 valence electrons. The number of pyridine rings is 1. The second-order valence-electron chi connectivity index (χ2n) is 4.44. The van der Waals surface area contributed by atoms with Crippen LogP contribution in [0.1, 0.15) is 16.1 Å². The first-order valence-corrected chi connectivity index (χ1v) is 6.12. The number of carbonyl (C=O) groups is 1. The highest BCUT2D eigenvalue weighted by molar-refractivity contribution is 5.89. The van der Waals surface area contributed by atoms with E-state index in [0.717, 1.165) is 11.8 Å². The van der Waals surface area contributed by atoms with E-state index in [9.17, 15) is 14.9 Å². The van der Waals surface area contributed by atoms with Gasteiger partial charge in [0.25, 0.3) is 5.69 Å². The van der Waals surface area contributed by atoms with Gasteiger partial charge in [-0.15, -0.1) is 0 Å². The average Bonchev–Trinajstić information content (AvgIpc) is 2.47. The van der Waals surface area contributed by atoms with Gasteiger partial charge in [-0.05, 0) is 24.3 Å². The zero-order valence-corrected chi connectivity index (χ0v) is 11.3. The van der Waals surface area contributed by atoms with Crippen LogP contribution in [0.25, 0.3) is 0 Å². The van der Waals surface area contributed by atoms with Crippen molar-refractivity contribution in [3.63, 3.8) is 0 Å². The van der Waals surface area contributed by atoms with Crippen LogP contribution >= 0.6 is 0 Å². The molecule has 0 fully saturated rings. The Hall–Kier alpha value is -2.96. The lowest BCUT2D eigenvalue weighted by molar-refractivity contribution is -0.384. The maximum absolute atomic E-state index is 11.1. The van der Waals surface area contributed by atoms with Gasteiger partial charge in [-0.25, -0.2) is 4.79 Å². The molecule has 1 aromatic heterocycles. The molecular weight excluding hydrogens is 274 g/mol. The molecule has 1 aromatic carbocycles. The molecule has 7 heteroatoms. The predicted octanol–water partition coefficient (Wildman–Crippen LogP) is 2.32. The van der Waals surface area contributed by atoms with Gasteiger partial charge >= 0.3 is 5.97 Å². The van der Waals surface area contributed by atoms with Crippen LogP contribution < -0.4 is 4.90 Å². The monoisotopic (exact) mass is 287 g/mol. The first-order chi connectivity index (χ1) is 9.99. The molecule has 0 unspecified atom stereocenters. The van der Waals surface area contributed by atoms with Crippen LogP contribution in [0.5, 0.6) is 0 Å². The van der Waals surface area contributed by atoms with E-state index < -0.39 is 10.9 Å². The number of nitro groups is 1. The number of hydrogen-bond donors (Lipinski definition) is 1. The third kappa shape index (κ3) is 3.33. The lowest BCUT2D eigenvalue weighted by Crippen LogP contribution is -2.18. The SMILES string of the molecule is CN(Cc1ccccn1)c1ccc(C(=O)O)cc1[N+](=O)[O-]. The molecular formula is C14H13N3O4. The number of anilines is 1. The summed E-state index contributed by atoms with van der Waals surface area (Å²) in [7, 11) is 1.69. The molecule has 0 aliphatic rings. The lowest BCUT2D eigenvalue weighted by atomic mass is 10.1. The van der Waals surface area contributed by atoms with Crippen LogP contribution in [0.4, 0.5) is 11.4 Å². The van der Waals surface area contributed by atoms with Crippen molar-refractivity contribution >= 4 is 17.3 Å². The summed E-state index contributed by atoms with van der Waals surface area (Å²) in [4.78, 5) is 27.3. The molecule has 0 bridgehead atoms. The normalized spacial score (nSPS) is 10.1. The van der Waals surface area contributed by atoms with E-state index >= 15 is 0 Å². The van der Waals surface area contributed by atoms with Gasteiger partial charge in [-0.2, -0.15) is 0 Å². The standard InChI is InChI=1S/C14H13N3O4/c1-16(9-11-4-2-3-7-15-11)12-6-5-10(14(18)19)8-13(12)17(20)21/h2-8H,9H2,1H3,(H,18,19). The zero-order valence-electron chi connectivity index (χ0n) is 11.3. The fourth-order valence-corrected chi connectivity index (χ4v) is 1.95. The molecule has 0 saturated carbocycles. The highest BCUT2D eigenvalue weighted by Gasteiger charge is 2.20. The molecule has 0 aliphatic carbocycles. The second-order valence-corrected chi connectivity index (χ2v) is 4.44. The van der Waals surface area contributed by atoms with Gasteiger partial charge in [0, 0.05) is 19.3 Å². The fraction of sp³-hybridized carbons (Fsp3) is 0.143. The minimum atomic E-state index is -1.20. The summed E-state index contributed by atoms with van der Waals surface area (Å²) < 4.78 is 0. The Bertz CT molecular complexity index is 673. The largest absolute Gasteiger partial charge is 0.478 e. The molecule has 0 aliphatic heterocycles. The quantitative estimate of drug-likeness (QED) is 0.669. The molecule has 0 atom stereocenters. The Morgan fingerprint density at radius 3 is 2.71 bits per heavy atom. The minimum absolute atomic E-state index is 0.114. The molecule has 2 aromatic rings. The number of aromatic nitrogens is 1. The molecule has 1 heterocycles. The fourth-order valence-electron chi connectivity index (χ4n) is 1.95. The smallest absolute Gasteiger partial charge is 0.335 e. The third-order valence-corrected chi connectivity index (χ3v) is 2.96. The van der Waals surface area contributed by atoms with E-state index in [2.05, 4.69) is 4.98 Å². The number of carboxylic acids is 1. The number of carboxylic acid groups (broad SMARTS) is 1. The third-order valence-electron chi connectivity index (χ3n) is 2.96. The van der Waals surface area contributed by atoms with E-state index in [1.165, 1.54) is 12.1 Å². The van der Waals surface area contributed by atoms with Crippen molar-refractivity contribution in [2.45, 2.75) is 6.54 Å². The number of rotatable bonds is 5. The first kappa shape index (κ1) is 14.4. The van der Waals surface area contributed by atoms with Gasteiger partial charge in [0.05, 0.1) is 22.7 Å². The Morgan fingerprint density at radius 1 is 1.38 bits per heavy atom. The van der Waals surface area contributed by atoms with Gasteiger partial charge < -0.3 is 10.0 Å². The minimum Gasteiger partial charge on any atom is -0.478 e. The summed E-state index contributed by atoms with van der Waals surface area (Å²) >= 11 is 0. The van der Waals surface area contributed by atoms with Crippen LogP contribution in [0.15, 0.2) is 42.6 Å². The maximum atomic E-state index is 11.1. The Kier molecular flexibility index (Phi) is 4.13. The van der Waals surface area contributed by atoms with Crippen LogP contribution in [0, 0.1) is 10.1 Å². The molecule has 0 saturated heterocycles. The Labute approximate surface area is 120 Å². The van der Waals surface area contributed by atoms with Crippen molar-refractivity contribution in [1.82, 2.24) is 4.98 Å². The van der Waals surface area contributed by atoms with Gasteiger partial charge in [-0.3, -0.25) is 15.1 Å². The number of nitrogens with zero attached hydrogens (tertiary/aromatic N) is 3. The van der Waals surface area contributed by atoms with Gasteiger partial charge in [0.15, 0.2) is 0 Å². The van der Waals surface area contributed by atoms with Crippen molar-refractivity contribution in [2.75, 3.05) is 11.9 Å². The van der Waals surface area contributed by atoms with Crippen molar-refractivity contribution in [2.24, 2.45) is 0 Å². The summed E-state index contributed by atoms with van der Waals surface area (Å²) in [5.74, 6) is -1.20. The van der Waals surface area contributed by atoms with Crippen LogP contribution in [0.2, 0.25) is 0 Å². The molecule has 2 rings (SSSR count). The summed E-state index contributed by atoms with van der Waals surface area (Å²) in [6, 6.07) is 9.27. The predicted molar refractivity (Wildman–Crippen MR) is 76.4 cm³/mol. The molecule has 0 spiro atoms. The highest BCUT2D eigenvalue weighted by atomic mass is 16.6. The van der Waals surface area contributed by atoms with Crippen LogP contribution in [-0.4, -0.2) is 28.0 Å². The van der Waals surface area contributed by atoms with Crippen LogP contribution in [-0.2, 0) is 6.54 Å². The zero-order chi connectivity index (χ0) is 15.4. The van der Waals surface area contributed by atoms with E-state index in [0.29, 0.717) is 12.2 Å². The number of aromatic carboxylic acids is 1.